The number of carbonyl (C=O) groups is 1. The Kier molecular flexibility index (Phi) is 3.66. The highest BCUT2D eigenvalue weighted by Gasteiger charge is 2.39. The van der Waals surface area contributed by atoms with Crippen LogP contribution in [0.25, 0.3) is 0 Å². The summed E-state index contributed by atoms with van der Waals surface area (Å²) in [7, 11) is 0. The maximum atomic E-state index is 12.7. The van der Waals surface area contributed by atoms with Gasteiger partial charge < -0.3 is 10.4 Å². The molecule has 1 aliphatic rings. The van der Waals surface area contributed by atoms with E-state index in [0.717, 1.165) is 18.4 Å². The summed E-state index contributed by atoms with van der Waals surface area (Å²) in [6.07, 6.45) is 2.27. The van der Waals surface area contributed by atoms with Gasteiger partial charge in [-0.15, -0.1) is 0 Å². The van der Waals surface area contributed by atoms with Gasteiger partial charge in [-0.3, -0.25) is 4.79 Å². The summed E-state index contributed by atoms with van der Waals surface area (Å²) in [5, 5.41) is 12.8. The molecule has 0 radical (unpaired) electrons. The lowest BCUT2D eigenvalue weighted by Gasteiger charge is -2.23. The highest BCUT2D eigenvalue weighted by Crippen LogP contribution is 2.38. The number of carbonyl (C=O) groups excluding carboxylic acids is 1. The van der Waals surface area contributed by atoms with Crippen molar-refractivity contribution >= 4 is 5.91 Å². The lowest BCUT2D eigenvalue weighted by molar-refractivity contribution is -0.121. The van der Waals surface area contributed by atoms with Gasteiger partial charge in [0.2, 0.25) is 5.91 Å². The average molecular weight is 251 g/mol. The minimum atomic E-state index is -0.807. The molecule has 0 aromatic heterocycles. The third-order valence-corrected chi connectivity index (χ3v) is 3.38. The highest BCUT2D eigenvalue weighted by atomic mass is 19.1. The third kappa shape index (κ3) is 3.53. The van der Waals surface area contributed by atoms with Crippen molar-refractivity contribution in [1.82, 2.24) is 5.32 Å². The second-order valence-corrected chi connectivity index (χ2v) is 5.21. The van der Waals surface area contributed by atoms with E-state index in [2.05, 4.69) is 5.32 Å². The van der Waals surface area contributed by atoms with E-state index in [1.165, 1.54) is 12.1 Å². The van der Waals surface area contributed by atoms with Crippen molar-refractivity contribution in [3.05, 3.63) is 35.6 Å². The van der Waals surface area contributed by atoms with Crippen LogP contribution >= 0.6 is 0 Å². The van der Waals surface area contributed by atoms with Crippen molar-refractivity contribution < 1.29 is 14.3 Å². The molecule has 98 valence electrons. The molecule has 1 fully saturated rings. The average Bonchev–Trinajstić information content (AvgIpc) is 3.14. The topological polar surface area (TPSA) is 49.3 Å². The zero-order chi connectivity index (χ0) is 13.2. The number of hydrogen-bond acceptors (Lipinski definition) is 2. The highest BCUT2D eigenvalue weighted by molar-refractivity contribution is 5.78. The van der Waals surface area contributed by atoms with Crippen LogP contribution in [0.5, 0.6) is 0 Å². The first-order valence-electron chi connectivity index (χ1n) is 6.21. The lowest BCUT2D eigenvalue weighted by atomic mass is 10.0. The zero-order valence-electron chi connectivity index (χ0n) is 10.4. The molecule has 0 spiro atoms. The van der Waals surface area contributed by atoms with Crippen LogP contribution in [0.3, 0.4) is 0 Å². The van der Waals surface area contributed by atoms with Crippen LogP contribution in [0, 0.1) is 11.7 Å². The molecule has 2 N–H and O–H groups in total. The largest absolute Gasteiger partial charge is 0.388 e. The summed E-state index contributed by atoms with van der Waals surface area (Å²) in [5.41, 5.74) is -0.0432. The van der Waals surface area contributed by atoms with Crippen LogP contribution in [0.1, 0.15) is 25.3 Å². The molecule has 1 aromatic rings. The Bertz CT molecular complexity index is 424. The van der Waals surface area contributed by atoms with Crippen LogP contribution < -0.4 is 5.32 Å². The predicted molar refractivity (Wildman–Crippen MR) is 66.5 cm³/mol. The number of halogens is 1. The molecule has 18 heavy (non-hydrogen) atoms. The first-order chi connectivity index (χ1) is 8.47. The fourth-order valence-electron chi connectivity index (χ4n) is 1.98. The predicted octanol–water partition coefficient (Wildman–Crippen LogP) is 1.65. The van der Waals surface area contributed by atoms with Crippen molar-refractivity contribution in [3.8, 4) is 0 Å². The van der Waals surface area contributed by atoms with Crippen molar-refractivity contribution in [2.24, 2.45) is 5.92 Å². The SMILES string of the molecule is C[C@@](O)(CNC(=O)Cc1ccc(F)cc1)C1CC1. The van der Waals surface area contributed by atoms with Crippen molar-refractivity contribution in [1.29, 1.82) is 0 Å². The molecule has 2 rings (SSSR count). The van der Waals surface area contributed by atoms with Gasteiger partial charge in [0.05, 0.1) is 12.0 Å². The molecule has 4 heteroatoms. The molecule has 3 nitrogen and oxygen atoms in total. The molecule has 0 bridgehead atoms. The van der Waals surface area contributed by atoms with Crippen molar-refractivity contribution in [2.45, 2.75) is 31.8 Å². The minimum Gasteiger partial charge on any atom is -0.388 e. The van der Waals surface area contributed by atoms with E-state index in [0.29, 0.717) is 5.92 Å². The van der Waals surface area contributed by atoms with E-state index < -0.39 is 5.60 Å². The fourth-order valence-corrected chi connectivity index (χ4v) is 1.98. The summed E-state index contributed by atoms with van der Waals surface area (Å²) in [6, 6.07) is 5.85. The number of hydrogen-bond donors (Lipinski definition) is 2. The fraction of sp³-hybridized carbons (Fsp3) is 0.500. The molecule has 1 amide bonds. The monoisotopic (exact) mass is 251 g/mol. The van der Waals surface area contributed by atoms with Crippen LogP contribution in [-0.4, -0.2) is 23.2 Å². The normalized spacial score (nSPS) is 18.2. The van der Waals surface area contributed by atoms with Crippen LogP contribution in [0.2, 0.25) is 0 Å². The minimum absolute atomic E-state index is 0.150. The molecule has 0 saturated heterocycles. The summed E-state index contributed by atoms with van der Waals surface area (Å²) in [6.45, 7) is 2.03. The summed E-state index contributed by atoms with van der Waals surface area (Å²) < 4.78 is 12.7. The number of aliphatic hydroxyl groups is 1. The Hall–Kier alpha value is -1.42. The standard InChI is InChI=1S/C14H18FNO2/c1-14(18,11-4-5-11)9-16-13(17)8-10-2-6-12(15)7-3-10/h2-3,6-7,11,18H,4-5,8-9H2,1H3,(H,16,17)/t14-/m1/s1. The summed E-state index contributed by atoms with van der Waals surface area (Å²) in [4.78, 5) is 11.7. The molecule has 1 aromatic carbocycles. The maximum Gasteiger partial charge on any atom is 0.224 e. The van der Waals surface area contributed by atoms with Gasteiger partial charge in [0.15, 0.2) is 0 Å². The Labute approximate surface area is 106 Å². The van der Waals surface area contributed by atoms with Gasteiger partial charge in [-0.1, -0.05) is 12.1 Å². The van der Waals surface area contributed by atoms with Crippen LogP contribution in [0.15, 0.2) is 24.3 Å². The Morgan fingerprint density at radius 3 is 2.61 bits per heavy atom. The van der Waals surface area contributed by atoms with E-state index in [4.69, 9.17) is 0 Å². The second-order valence-electron chi connectivity index (χ2n) is 5.21. The third-order valence-electron chi connectivity index (χ3n) is 3.38. The van der Waals surface area contributed by atoms with E-state index in [9.17, 15) is 14.3 Å². The Balaban J connectivity index is 1.80. The molecule has 1 saturated carbocycles. The van der Waals surface area contributed by atoms with Crippen LogP contribution in [-0.2, 0) is 11.2 Å². The van der Waals surface area contributed by atoms with Gasteiger partial charge in [-0.05, 0) is 43.4 Å². The molecule has 0 unspecified atom stereocenters. The zero-order valence-corrected chi connectivity index (χ0v) is 10.4. The van der Waals surface area contributed by atoms with Gasteiger partial charge in [0.25, 0.3) is 0 Å². The van der Waals surface area contributed by atoms with Gasteiger partial charge >= 0.3 is 0 Å². The van der Waals surface area contributed by atoms with Crippen LogP contribution in [0.4, 0.5) is 4.39 Å². The van der Waals surface area contributed by atoms with Gasteiger partial charge in [0, 0.05) is 6.54 Å². The molecule has 1 atom stereocenters. The van der Waals surface area contributed by atoms with Gasteiger partial charge in [-0.2, -0.15) is 0 Å². The Morgan fingerprint density at radius 2 is 2.06 bits per heavy atom. The molecule has 0 aliphatic heterocycles. The molecule has 1 aliphatic carbocycles. The Morgan fingerprint density at radius 1 is 1.44 bits per heavy atom. The van der Waals surface area contributed by atoms with Crippen molar-refractivity contribution in [3.63, 3.8) is 0 Å². The number of amides is 1. The lowest BCUT2D eigenvalue weighted by Crippen LogP contribution is -2.42. The number of nitrogens with one attached hydrogen (secondary N) is 1. The van der Waals surface area contributed by atoms with Crippen molar-refractivity contribution in [2.75, 3.05) is 6.54 Å². The molecular formula is C14H18FNO2. The van der Waals surface area contributed by atoms with E-state index >= 15 is 0 Å². The molecular weight excluding hydrogens is 233 g/mol. The van der Waals surface area contributed by atoms with E-state index in [1.807, 2.05) is 0 Å². The smallest absolute Gasteiger partial charge is 0.224 e. The summed E-state index contributed by atoms with van der Waals surface area (Å²) in [5.74, 6) is -0.151. The first-order valence-corrected chi connectivity index (χ1v) is 6.21. The molecule has 0 heterocycles. The number of benzene rings is 1. The summed E-state index contributed by atoms with van der Waals surface area (Å²) >= 11 is 0. The quantitative estimate of drug-likeness (QED) is 0.836. The van der Waals surface area contributed by atoms with E-state index in [1.54, 1.807) is 19.1 Å². The number of rotatable bonds is 5. The first kappa shape index (κ1) is 13.0. The second kappa shape index (κ2) is 5.06. The van der Waals surface area contributed by atoms with Gasteiger partial charge in [0.1, 0.15) is 5.82 Å². The maximum absolute atomic E-state index is 12.7. The van der Waals surface area contributed by atoms with Gasteiger partial charge in [-0.25, -0.2) is 4.39 Å². The van der Waals surface area contributed by atoms with E-state index in [-0.39, 0.29) is 24.7 Å².